The van der Waals surface area contributed by atoms with Crippen LogP contribution in [-0.2, 0) is 0 Å². The number of halogens is 1. The maximum atomic E-state index is 13.9. The lowest BCUT2D eigenvalue weighted by Gasteiger charge is -2.09. The van der Waals surface area contributed by atoms with Crippen LogP contribution in [0.3, 0.4) is 0 Å². The molecule has 0 spiro atoms. The van der Waals surface area contributed by atoms with E-state index >= 15 is 0 Å². The van der Waals surface area contributed by atoms with Crippen LogP contribution in [0.1, 0.15) is 24.2 Å². The molecule has 1 N–H and O–H groups in total. The molecule has 0 unspecified atom stereocenters. The van der Waals surface area contributed by atoms with Crippen LogP contribution >= 0.6 is 0 Å². The average molecular weight is 467 g/mol. The number of benzene rings is 4. The average Bonchev–Trinajstić information content (AvgIpc) is 3.27. The second kappa shape index (κ2) is 9.38. The van der Waals surface area contributed by atoms with E-state index in [0.717, 1.165) is 10.8 Å². The molecule has 1 aromatic heterocycles. The monoisotopic (exact) mass is 466 g/mol. The molecule has 5 rings (SSSR count). The van der Waals surface area contributed by atoms with Gasteiger partial charge in [-0.15, -0.1) is 5.10 Å². The Balaban J connectivity index is 1.41. The number of ether oxygens (including phenoxy) is 1. The maximum absolute atomic E-state index is 13.9. The Labute approximate surface area is 202 Å². The topological polar surface area (TPSA) is 69.0 Å². The molecule has 0 atom stereocenters. The number of anilines is 1. The quantitative estimate of drug-likeness (QED) is 0.320. The molecular weight excluding hydrogens is 443 g/mol. The molecule has 35 heavy (non-hydrogen) atoms. The molecule has 6 nitrogen and oxygen atoms in total. The standard InChI is InChI=1S/C28H23FN4O2/c1-18(2)35-28-31-26(21-8-5-9-23(29)17-21)33(32-28)25-14-12-24(13-15-25)30-27(34)22-11-10-19-6-3-4-7-20(19)16-22/h3-18H,1-2H3,(H,30,34). The molecule has 0 saturated carbocycles. The minimum atomic E-state index is -0.366. The van der Waals surface area contributed by atoms with Gasteiger partial charge in [0.15, 0.2) is 5.82 Å². The molecule has 1 amide bonds. The van der Waals surface area contributed by atoms with E-state index < -0.39 is 0 Å². The van der Waals surface area contributed by atoms with Crippen molar-refractivity contribution in [3.05, 3.63) is 102 Å². The predicted octanol–water partition coefficient (Wildman–Crippen LogP) is 6.27. The van der Waals surface area contributed by atoms with Crippen molar-refractivity contribution in [2.24, 2.45) is 0 Å². The molecule has 0 aliphatic heterocycles. The molecule has 4 aromatic carbocycles. The van der Waals surface area contributed by atoms with E-state index in [0.29, 0.717) is 28.3 Å². The second-order valence-corrected chi connectivity index (χ2v) is 8.37. The van der Waals surface area contributed by atoms with Gasteiger partial charge in [-0.25, -0.2) is 9.07 Å². The third-order valence-corrected chi connectivity index (χ3v) is 5.39. The van der Waals surface area contributed by atoms with Gasteiger partial charge in [0, 0.05) is 16.8 Å². The van der Waals surface area contributed by atoms with Crippen molar-refractivity contribution in [2.75, 3.05) is 5.32 Å². The highest BCUT2D eigenvalue weighted by atomic mass is 19.1. The zero-order chi connectivity index (χ0) is 24.4. The molecule has 0 fully saturated rings. The number of carbonyl (C=O) groups is 1. The third-order valence-electron chi connectivity index (χ3n) is 5.39. The van der Waals surface area contributed by atoms with Gasteiger partial charge < -0.3 is 10.1 Å². The fraction of sp³-hybridized carbons (Fsp3) is 0.107. The Kier molecular flexibility index (Phi) is 5.97. The summed E-state index contributed by atoms with van der Waals surface area (Å²) >= 11 is 0. The van der Waals surface area contributed by atoms with Crippen molar-refractivity contribution in [3.8, 4) is 23.1 Å². The van der Waals surface area contributed by atoms with Gasteiger partial charge in [0.05, 0.1) is 11.8 Å². The largest absolute Gasteiger partial charge is 0.460 e. The first-order valence-electron chi connectivity index (χ1n) is 11.3. The number of amides is 1. The van der Waals surface area contributed by atoms with Crippen LogP contribution in [0.25, 0.3) is 27.8 Å². The predicted molar refractivity (Wildman–Crippen MR) is 134 cm³/mol. The van der Waals surface area contributed by atoms with E-state index in [2.05, 4.69) is 15.4 Å². The summed E-state index contributed by atoms with van der Waals surface area (Å²) < 4.78 is 21.1. The SMILES string of the molecule is CC(C)Oc1nc(-c2cccc(F)c2)n(-c2ccc(NC(=O)c3ccc4ccccc4c3)cc2)n1. The molecule has 0 aliphatic rings. The zero-order valence-corrected chi connectivity index (χ0v) is 19.3. The molecule has 0 radical (unpaired) electrons. The molecular formula is C28H23FN4O2. The number of nitrogens with one attached hydrogen (secondary N) is 1. The van der Waals surface area contributed by atoms with E-state index in [1.807, 2.05) is 68.4 Å². The van der Waals surface area contributed by atoms with Gasteiger partial charge in [0.25, 0.3) is 5.91 Å². The Morgan fingerprint density at radius 1 is 0.914 bits per heavy atom. The first kappa shape index (κ1) is 22.3. The molecule has 0 saturated heterocycles. The Morgan fingerprint density at radius 3 is 2.43 bits per heavy atom. The summed E-state index contributed by atoms with van der Waals surface area (Å²) in [7, 11) is 0. The molecule has 5 aromatic rings. The summed E-state index contributed by atoms with van der Waals surface area (Å²) in [5, 5.41) is 9.48. The molecule has 1 heterocycles. The van der Waals surface area contributed by atoms with Crippen LogP contribution in [0.5, 0.6) is 6.01 Å². The molecule has 0 aliphatic carbocycles. The summed E-state index contributed by atoms with van der Waals surface area (Å²) in [6, 6.07) is 27.1. The van der Waals surface area contributed by atoms with Crippen LogP contribution in [0.15, 0.2) is 91.0 Å². The Hall–Kier alpha value is -4.52. The maximum Gasteiger partial charge on any atom is 0.336 e. The second-order valence-electron chi connectivity index (χ2n) is 8.37. The molecule has 174 valence electrons. The van der Waals surface area contributed by atoms with E-state index in [1.54, 1.807) is 28.9 Å². The van der Waals surface area contributed by atoms with Crippen LogP contribution in [-0.4, -0.2) is 26.8 Å². The first-order chi connectivity index (χ1) is 17.0. The minimum absolute atomic E-state index is 0.112. The van der Waals surface area contributed by atoms with E-state index in [4.69, 9.17) is 4.74 Å². The fourth-order valence-corrected chi connectivity index (χ4v) is 3.77. The lowest BCUT2D eigenvalue weighted by molar-refractivity contribution is 0.102. The van der Waals surface area contributed by atoms with E-state index in [-0.39, 0.29) is 23.8 Å². The third kappa shape index (κ3) is 4.89. The highest BCUT2D eigenvalue weighted by Gasteiger charge is 2.16. The summed E-state index contributed by atoms with van der Waals surface area (Å²) in [5.41, 5.74) is 2.48. The number of aromatic nitrogens is 3. The highest BCUT2D eigenvalue weighted by molar-refractivity contribution is 6.06. The Bertz CT molecular complexity index is 1510. The van der Waals surface area contributed by atoms with Gasteiger partial charge in [-0.1, -0.05) is 42.5 Å². The van der Waals surface area contributed by atoms with Gasteiger partial charge in [-0.3, -0.25) is 4.79 Å². The summed E-state index contributed by atoms with van der Waals surface area (Å²) in [6.45, 7) is 3.77. The van der Waals surface area contributed by atoms with E-state index in [9.17, 15) is 9.18 Å². The summed E-state index contributed by atoms with van der Waals surface area (Å²) in [5.74, 6) is -0.111. The zero-order valence-electron chi connectivity index (χ0n) is 19.3. The number of carbonyl (C=O) groups excluding carboxylic acids is 1. The van der Waals surface area contributed by atoms with Crippen molar-refractivity contribution < 1.29 is 13.9 Å². The van der Waals surface area contributed by atoms with Crippen molar-refractivity contribution in [1.29, 1.82) is 0 Å². The fourth-order valence-electron chi connectivity index (χ4n) is 3.77. The lowest BCUT2D eigenvalue weighted by Crippen LogP contribution is -2.12. The Morgan fingerprint density at radius 2 is 1.69 bits per heavy atom. The van der Waals surface area contributed by atoms with Crippen LogP contribution in [0.4, 0.5) is 10.1 Å². The number of fused-ring (bicyclic) bond motifs is 1. The van der Waals surface area contributed by atoms with Crippen molar-refractivity contribution in [2.45, 2.75) is 20.0 Å². The number of hydrogen-bond acceptors (Lipinski definition) is 4. The van der Waals surface area contributed by atoms with Gasteiger partial charge in [-0.05, 0) is 73.2 Å². The van der Waals surface area contributed by atoms with Crippen LogP contribution in [0, 0.1) is 5.82 Å². The molecule has 0 bridgehead atoms. The van der Waals surface area contributed by atoms with Crippen molar-refractivity contribution in [3.63, 3.8) is 0 Å². The minimum Gasteiger partial charge on any atom is -0.460 e. The number of rotatable bonds is 6. The first-order valence-corrected chi connectivity index (χ1v) is 11.3. The molecule has 7 heteroatoms. The van der Waals surface area contributed by atoms with Gasteiger partial charge >= 0.3 is 6.01 Å². The van der Waals surface area contributed by atoms with Crippen molar-refractivity contribution in [1.82, 2.24) is 14.8 Å². The number of hydrogen-bond donors (Lipinski definition) is 1. The summed E-state index contributed by atoms with van der Waals surface area (Å²) in [6.07, 6.45) is -0.112. The smallest absolute Gasteiger partial charge is 0.336 e. The van der Waals surface area contributed by atoms with Gasteiger partial charge in [0.2, 0.25) is 0 Å². The van der Waals surface area contributed by atoms with Gasteiger partial charge in [-0.2, -0.15) is 4.98 Å². The van der Waals surface area contributed by atoms with Gasteiger partial charge in [0.1, 0.15) is 5.82 Å². The normalized spacial score (nSPS) is 11.1. The highest BCUT2D eigenvalue weighted by Crippen LogP contribution is 2.26. The van der Waals surface area contributed by atoms with E-state index in [1.165, 1.54) is 12.1 Å². The van der Waals surface area contributed by atoms with Crippen LogP contribution < -0.4 is 10.1 Å². The summed E-state index contributed by atoms with van der Waals surface area (Å²) in [4.78, 5) is 17.3. The lowest BCUT2D eigenvalue weighted by atomic mass is 10.1. The van der Waals surface area contributed by atoms with Crippen LogP contribution in [0.2, 0.25) is 0 Å². The van der Waals surface area contributed by atoms with Crippen molar-refractivity contribution >= 4 is 22.4 Å². The number of nitrogens with zero attached hydrogens (tertiary/aromatic N) is 3.